The molecule has 0 N–H and O–H groups in total. The molecule has 1 saturated carbocycles. The molecule has 2 atom stereocenters. The van der Waals surface area contributed by atoms with Crippen molar-refractivity contribution in [1.29, 1.82) is 0 Å². The van der Waals surface area contributed by atoms with Crippen LogP contribution in [0.5, 0.6) is 0 Å². The van der Waals surface area contributed by atoms with Crippen LogP contribution in [0.1, 0.15) is 32.1 Å². The van der Waals surface area contributed by atoms with Crippen molar-refractivity contribution in [2.24, 2.45) is 5.41 Å². The summed E-state index contributed by atoms with van der Waals surface area (Å²) in [6.07, 6.45) is 5.95. The zero-order valence-electron chi connectivity index (χ0n) is 14.8. The largest absolute Gasteiger partial charge is 0.468 e. The molecule has 0 saturated heterocycles. The van der Waals surface area contributed by atoms with Crippen LogP contribution in [0.2, 0.25) is 18.6 Å². The van der Waals surface area contributed by atoms with E-state index in [1.165, 1.54) is 12.3 Å². The Morgan fingerprint density at radius 3 is 2.58 bits per heavy atom. The van der Waals surface area contributed by atoms with Gasteiger partial charge in [-0.15, -0.1) is 0 Å². The van der Waals surface area contributed by atoms with Crippen LogP contribution in [0, 0.1) is 5.41 Å². The minimum atomic E-state index is -2.04. The maximum Gasteiger partial charge on any atom is 0.315 e. The highest BCUT2D eigenvalue weighted by atomic mass is 28.3. The van der Waals surface area contributed by atoms with Gasteiger partial charge in [0.2, 0.25) is 0 Å². The van der Waals surface area contributed by atoms with E-state index in [2.05, 4.69) is 37.4 Å². The van der Waals surface area contributed by atoms with E-state index in [0.717, 1.165) is 31.3 Å². The molecule has 0 amide bonds. The highest BCUT2D eigenvalue weighted by Gasteiger charge is 2.58. The number of carbonyl (C=O) groups excluding carboxylic acids is 2. The van der Waals surface area contributed by atoms with E-state index in [1.807, 2.05) is 6.07 Å². The fourth-order valence-electron chi connectivity index (χ4n) is 4.83. The van der Waals surface area contributed by atoms with Crippen LogP contribution >= 0.6 is 0 Å². The summed E-state index contributed by atoms with van der Waals surface area (Å²) in [4.78, 5) is 25.4. The van der Waals surface area contributed by atoms with Gasteiger partial charge in [-0.2, -0.15) is 0 Å². The van der Waals surface area contributed by atoms with Crippen LogP contribution in [0.3, 0.4) is 0 Å². The number of carbonyl (C=O) groups is 2. The second-order valence-corrected chi connectivity index (χ2v) is 12.4. The van der Waals surface area contributed by atoms with Gasteiger partial charge < -0.3 is 4.74 Å². The summed E-state index contributed by atoms with van der Waals surface area (Å²) in [5, 5.41) is 1.30. The predicted molar refractivity (Wildman–Crippen MR) is 97.9 cm³/mol. The number of methoxy groups -OCH3 is 1. The normalized spacial score (nSPS) is 27.2. The molecule has 128 valence electrons. The number of ether oxygens (including phenoxy) is 1. The number of allylic oxidation sites excluding steroid dienone is 1. The van der Waals surface area contributed by atoms with Crippen LogP contribution in [0.25, 0.3) is 0 Å². The molecule has 0 aliphatic heterocycles. The number of benzene rings is 1. The SMILES string of the molecule is COC(=O)[C@]12CCCCC1=CC(=O)C[C@H]2[Si](C)(C)c1ccccc1. The van der Waals surface area contributed by atoms with E-state index in [1.54, 1.807) is 6.08 Å². The van der Waals surface area contributed by atoms with Crippen molar-refractivity contribution in [3.63, 3.8) is 0 Å². The Bertz CT molecular complexity index is 677. The quantitative estimate of drug-likeness (QED) is 0.622. The first-order valence-electron chi connectivity index (χ1n) is 8.80. The van der Waals surface area contributed by atoms with Gasteiger partial charge in [-0.1, -0.05) is 55.0 Å². The predicted octanol–water partition coefficient (Wildman–Crippen LogP) is 3.60. The van der Waals surface area contributed by atoms with Crippen molar-refractivity contribution in [2.75, 3.05) is 7.11 Å². The molecule has 0 heterocycles. The maximum absolute atomic E-state index is 13.0. The van der Waals surface area contributed by atoms with Crippen molar-refractivity contribution >= 4 is 25.0 Å². The fraction of sp³-hybridized carbons (Fsp3) is 0.500. The first-order valence-corrected chi connectivity index (χ1v) is 11.9. The maximum atomic E-state index is 13.0. The van der Waals surface area contributed by atoms with Gasteiger partial charge in [0, 0.05) is 6.42 Å². The third kappa shape index (κ3) is 2.57. The summed E-state index contributed by atoms with van der Waals surface area (Å²) in [5.74, 6) is 0.0374. The topological polar surface area (TPSA) is 43.4 Å². The summed E-state index contributed by atoms with van der Waals surface area (Å²) in [5.41, 5.74) is 0.498. The molecule has 3 nitrogen and oxygen atoms in total. The number of fused-ring (bicyclic) bond motifs is 1. The van der Waals surface area contributed by atoms with E-state index in [-0.39, 0.29) is 17.3 Å². The van der Waals surface area contributed by atoms with Crippen LogP contribution in [0.4, 0.5) is 0 Å². The highest BCUT2D eigenvalue weighted by molar-refractivity contribution is 6.91. The summed E-state index contributed by atoms with van der Waals surface area (Å²) >= 11 is 0. The number of hydrogen-bond donors (Lipinski definition) is 0. The molecule has 1 aromatic rings. The first-order chi connectivity index (χ1) is 11.4. The highest BCUT2D eigenvalue weighted by Crippen LogP contribution is 2.57. The molecule has 4 heteroatoms. The Kier molecular flexibility index (Phi) is 4.52. The Labute approximate surface area is 145 Å². The van der Waals surface area contributed by atoms with E-state index in [9.17, 15) is 9.59 Å². The molecule has 2 aliphatic rings. The molecule has 0 bridgehead atoms. The van der Waals surface area contributed by atoms with Crippen molar-refractivity contribution in [2.45, 2.75) is 50.7 Å². The molecule has 0 spiro atoms. The van der Waals surface area contributed by atoms with Gasteiger partial charge in [0.25, 0.3) is 0 Å². The molecule has 3 rings (SSSR count). The lowest BCUT2D eigenvalue weighted by Gasteiger charge is -2.50. The van der Waals surface area contributed by atoms with Gasteiger partial charge in [-0.05, 0) is 36.5 Å². The number of rotatable bonds is 3. The summed E-state index contributed by atoms with van der Waals surface area (Å²) in [7, 11) is -0.562. The standard InChI is InChI=1S/C20H26O3Si/c1-23-19(22)20-12-8-7-9-15(20)13-16(21)14-18(20)24(2,3)17-10-5-4-6-11-17/h4-6,10-11,13,18H,7-9,12,14H2,1-3H3/t18-,20-/m1/s1. The molecular formula is C20H26O3Si. The van der Waals surface area contributed by atoms with Gasteiger partial charge in [-0.25, -0.2) is 0 Å². The number of ketones is 1. The van der Waals surface area contributed by atoms with Gasteiger partial charge in [0.05, 0.1) is 20.6 Å². The molecule has 1 aromatic carbocycles. The van der Waals surface area contributed by atoms with Crippen molar-refractivity contribution in [3.05, 3.63) is 42.0 Å². The summed E-state index contributed by atoms with van der Waals surface area (Å²) in [6, 6.07) is 10.4. The number of esters is 1. The van der Waals surface area contributed by atoms with Crippen LogP contribution in [0.15, 0.2) is 42.0 Å². The van der Waals surface area contributed by atoms with Crippen molar-refractivity contribution < 1.29 is 14.3 Å². The zero-order valence-corrected chi connectivity index (χ0v) is 15.8. The summed E-state index contributed by atoms with van der Waals surface area (Å²) < 4.78 is 5.28. The van der Waals surface area contributed by atoms with Gasteiger partial charge in [0.15, 0.2) is 5.78 Å². The van der Waals surface area contributed by atoms with E-state index >= 15 is 0 Å². The minimum absolute atomic E-state index is 0.0626. The molecule has 0 aromatic heterocycles. The monoisotopic (exact) mass is 342 g/mol. The van der Waals surface area contributed by atoms with E-state index in [0.29, 0.717) is 6.42 Å². The Morgan fingerprint density at radius 1 is 1.21 bits per heavy atom. The third-order valence-electron chi connectivity index (χ3n) is 6.11. The lowest BCUT2D eigenvalue weighted by Crippen LogP contribution is -2.57. The molecule has 0 radical (unpaired) electrons. The fourth-order valence-corrected chi connectivity index (χ4v) is 8.67. The molecule has 1 fully saturated rings. The van der Waals surface area contributed by atoms with Crippen LogP contribution in [-0.4, -0.2) is 26.9 Å². The third-order valence-corrected chi connectivity index (χ3v) is 10.4. The lowest BCUT2D eigenvalue weighted by molar-refractivity contribution is -0.152. The second-order valence-electron chi connectivity index (χ2n) is 7.65. The summed E-state index contributed by atoms with van der Waals surface area (Å²) in [6.45, 7) is 4.59. The van der Waals surface area contributed by atoms with Crippen LogP contribution in [-0.2, 0) is 14.3 Å². The zero-order chi connectivity index (χ0) is 17.4. The van der Waals surface area contributed by atoms with Crippen molar-refractivity contribution in [3.8, 4) is 0 Å². The molecular weight excluding hydrogens is 316 g/mol. The average molecular weight is 343 g/mol. The van der Waals surface area contributed by atoms with Gasteiger partial charge in [-0.3, -0.25) is 9.59 Å². The van der Waals surface area contributed by atoms with Gasteiger partial charge >= 0.3 is 5.97 Å². The molecule has 0 unspecified atom stereocenters. The van der Waals surface area contributed by atoms with Crippen LogP contribution < -0.4 is 5.19 Å². The molecule has 24 heavy (non-hydrogen) atoms. The van der Waals surface area contributed by atoms with Crippen molar-refractivity contribution in [1.82, 2.24) is 0 Å². The van der Waals surface area contributed by atoms with E-state index < -0.39 is 13.5 Å². The smallest absolute Gasteiger partial charge is 0.315 e. The number of hydrogen-bond acceptors (Lipinski definition) is 3. The minimum Gasteiger partial charge on any atom is -0.468 e. The van der Waals surface area contributed by atoms with Gasteiger partial charge in [0.1, 0.15) is 0 Å². The Balaban J connectivity index is 2.15. The molecule has 2 aliphatic carbocycles. The lowest BCUT2D eigenvalue weighted by atomic mass is 9.64. The Morgan fingerprint density at radius 2 is 1.92 bits per heavy atom. The Hall–Kier alpha value is -1.68. The second kappa shape index (κ2) is 6.32. The first kappa shape index (κ1) is 17.2. The average Bonchev–Trinajstić information content (AvgIpc) is 2.60. The van der Waals surface area contributed by atoms with E-state index in [4.69, 9.17) is 4.74 Å².